The Kier molecular flexibility index (Phi) is 2.13. The van der Waals surface area contributed by atoms with Crippen molar-refractivity contribution in [2.24, 2.45) is 5.41 Å². The van der Waals surface area contributed by atoms with Crippen molar-refractivity contribution in [1.29, 1.82) is 0 Å². The molecule has 0 saturated heterocycles. The molecule has 0 fully saturated rings. The van der Waals surface area contributed by atoms with Crippen LogP contribution in [0.4, 0.5) is 0 Å². The number of Topliss-reactive ketones (excluding diaryl/α,β-unsaturated/α-hetero) is 1. The van der Waals surface area contributed by atoms with E-state index in [2.05, 4.69) is 0 Å². The Morgan fingerprint density at radius 1 is 1.29 bits per heavy atom. The van der Waals surface area contributed by atoms with Crippen molar-refractivity contribution < 1.29 is 4.79 Å². The highest BCUT2D eigenvalue weighted by Crippen LogP contribution is 2.41. The van der Waals surface area contributed by atoms with Crippen LogP contribution >= 0.6 is 23.2 Å². The van der Waals surface area contributed by atoms with Gasteiger partial charge in [-0.15, -0.1) is 0 Å². The summed E-state index contributed by atoms with van der Waals surface area (Å²) in [7, 11) is 0. The summed E-state index contributed by atoms with van der Waals surface area (Å²) in [5, 5.41) is 1.05. The van der Waals surface area contributed by atoms with Gasteiger partial charge in [0.25, 0.3) is 0 Å². The van der Waals surface area contributed by atoms with E-state index >= 15 is 0 Å². The Hall–Kier alpha value is -0.530. The minimum atomic E-state index is -0.337. The van der Waals surface area contributed by atoms with Crippen LogP contribution in [0.25, 0.3) is 0 Å². The standard InChI is InChI=1S/C11H10Cl2O/c1-11(2)5-7-6(10(11)14)3-4-8(12)9(7)13/h3-4H,5H2,1-2H3. The molecule has 0 aromatic heterocycles. The van der Waals surface area contributed by atoms with E-state index in [1.165, 1.54) is 0 Å². The Balaban J connectivity index is 2.65. The topological polar surface area (TPSA) is 17.1 Å². The van der Waals surface area contributed by atoms with Crippen molar-refractivity contribution in [3.8, 4) is 0 Å². The molecule has 1 aliphatic rings. The molecule has 1 aliphatic carbocycles. The highest BCUT2D eigenvalue weighted by molar-refractivity contribution is 6.43. The third-order valence-electron chi connectivity index (χ3n) is 2.67. The van der Waals surface area contributed by atoms with Gasteiger partial charge in [-0.2, -0.15) is 0 Å². The van der Waals surface area contributed by atoms with Gasteiger partial charge in [-0.05, 0) is 24.1 Å². The van der Waals surface area contributed by atoms with Crippen LogP contribution in [0, 0.1) is 5.41 Å². The third-order valence-corrected chi connectivity index (χ3v) is 3.52. The van der Waals surface area contributed by atoms with Crippen molar-refractivity contribution in [2.75, 3.05) is 0 Å². The number of hydrogen-bond acceptors (Lipinski definition) is 1. The zero-order valence-electron chi connectivity index (χ0n) is 8.03. The first-order valence-electron chi connectivity index (χ1n) is 4.45. The molecule has 0 N–H and O–H groups in total. The van der Waals surface area contributed by atoms with Crippen LogP contribution in [0.2, 0.25) is 10.0 Å². The van der Waals surface area contributed by atoms with Gasteiger partial charge < -0.3 is 0 Å². The summed E-state index contributed by atoms with van der Waals surface area (Å²) < 4.78 is 0. The molecule has 2 rings (SSSR count). The molecule has 0 aliphatic heterocycles. The fourth-order valence-electron chi connectivity index (χ4n) is 1.86. The first kappa shape index (κ1) is 10.0. The van der Waals surface area contributed by atoms with Crippen molar-refractivity contribution >= 4 is 29.0 Å². The van der Waals surface area contributed by atoms with Crippen molar-refractivity contribution in [2.45, 2.75) is 20.3 Å². The average molecular weight is 229 g/mol. The lowest BCUT2D eigenvalue weighted by molar-refractivity contribution is 0.0863. The smallest absolute Gasteiger partial charge is 0.169 e. The molecule has 74 valence electrons. The van der Waals surface area contributed by atoms with Gasteiger partial charge in [0.2, 0.25) is 0 Å². The van der Waals surface area contributed by atoms with E-state index < -0.39 is 0 Å². The molecule has 3 heteroatoms. The summed E-state index contributed by atoms with van der Waals surface area (Å²) in [5.74, 6) is 0.158. The van der Waals surface area contributed by atoms with Crippen LogP contribution < -0.4 is 0 Å². The van der Waals surface area contributed by atoms with Crippen molar-refractivity contribution in [3.63, 3.8) is 0 Å². The molecule has 0 unspecified atom stereocenters. The van der Waals surface area contributed by atoms with Gasteiger partial charge in [0.05, 0.1) is 10.0 Å². The van der Waals surface area contributed by atoms with Gasteiger partial charge in [-0.3, -0.25) is 4.79 Å². The van der Waals surface area contributed by atoms with E-state index in [1.54, 1.807) is 12.1 Å². The van der Waals surface area contributed by atoms with Gasteiger partial charge >= 0.3 is 0 Å². The fraction of sp³-hybridized carbons (Fsp3) is 0.364. The Labute approximate surface area is 93.0 Å². The Morgan fingerprint density at radius 2 is 1.93 bits per heavy atom. The maximum atomic E-state index is 11.9. The molecule has 14 heavy (non-hydrogen) atoms. The molecule has 1 aromatic carbocycles. The predicted molar refractivity (Wildman–Crippen MR) is 58.3 cm³/mol. The molecule has 1 nitrogen and oxygen atoms in total. The van der Waals surface area contributed by atoms with Gasteiger partial charge in [-0.25, -0.2) is 0 Å². The number of benzene rings is 1. The largest absolute Gasteiger partial charge is 0.294 e. The number of carbonyl (C=O) groups is 1. The Bertz CT molecular complexity index is 422. The summed E-state index contributed by atoms with van der Waals surface area (Å²) in [4.78, 5) is 11.9. The number of fused-ring (bicyclic) bond motifs is 1. The molecular formula is C11H10Cl2O. The normalized spacial score (nSPS) is 18.4. The average Bonchev–Trinajstić information content (AvgIpc) is 2.33. The second-order valence-corrected chi connectivity index (χ2v) is 5.06. The highest BCUT2D eigenvalue weighted by atomic mass is 35.5. The maximum Gasteiger partial charge on any atom is 0.169 e. The zero-order chi connectivity index (χ0) is 10.5. The van der Waals surface area contributed by atoms with E-state index in [0.717, 1.165) is 11.1 Å². The van der Waals surface area contributed by atoms with Gasteiger partial charge in [-0.1, -0.05) is 37.0 Å². The van der Waals surface area contributed by atoms with Crippen LogP contribution in [0.5, 0.6) is 0 Å². The van der Waals surface area contributed by atoms with Crippen LogP contribution in [-0.4, -0.2) is 5.78 Å². The quantitative estimate of drug-likeness (QED) is 0.661. The second kappa shape index (κ2) is 2.98. The molecule has 0 atom stereocenters. The van der Waals surface area contributed by atoms with Crippen LogP contribution in [0.15, 0.2) is 12.1 Å². The first-order valence-corrected chi connectivity index (χ1v) is 5.21. The maximum absolute atomic E-state index is 11.9. The molecule has 0 heterocycles. The van der Waals surface area contributed by atoms with Gasteiger partial charge in [0.15, 0.2) is 5.78 Å². The summed E-state index contributed by atoms with van der Waals surface area (Å²) in [5.41, 5.74) is 1.29. The SMILES string of the molecule is CC1(C)Cc2c(ccc(Cl)c2Cl)C1=O. The van der Waals surface area contributed by atoms with Gasteiger partial charge in [0, 0.05) is 11.0 Å². The van der Waals surface area contributed by atoms with Crippen molar-refractivity contribution in [3.05, 3.63) is 33.3 Å². The van der Waals surface area contributed by atoms with E-state index in [-0.39, 0.29) is 11.2 Å². The summed E-state index contributed by atoms with van der Waals surface area (Å²) >= 11 is 11.9. The zero-order valence-corrected chi connectivity index (χ0v) is 9.54. The molecule has 0 radical (unpaired) electrons. The minimum absolute atomic E-state index is 0.158. The number of hydrogen-bond donors (Lipinski definition) is 0. The summed E-state index contributed by atoms with van der Waals surface area (Å²) in [6, 6.07) is 3.45. The van der Waals surface area contributed by atoms with Crippen LogP contribution in [0.1, 0.15) is 29.8 Å². The first-order chi connectivity index (χ1) is 6.43. The summed E-state index contributed by atoms with van der Waals surface area (Å²) in [6.07, 6.45) is 0.681. The summed E-state index contributed by atoms with van der Waals surface area (Å²) in [6.45, 7) is 3.86. The highest BCUT2D eigenvalue weighted by Gasteiger charge is 2.38. The van der Waals surface area contributed by atoms with E-state index in [4.69, 9.17) is 23.2 Å². The molecule has 0 spiro atoms. The molecule has 0 bridgehead atoms. The number of carbonyl (C=O) groups excluding carboxylic acids is 1. The molecular weight excluding hydrogens is 219 g/mol. The Morgan fingerprint density at radius 3 is 2.57 bits per heavy atom. The van der Waals surface area contributed by atoms with E-state index in [0.29, 0.717) is 16.5 Å². The number of ketones is 1. The molecule has 0 saturated carbocycles. The number of rotatable bonds is 0. The van der Waals surface area contributed by atoms with Crippen LogP contribution in [-0.2, 0) is 6.42 Å². The molecule has 0 amide bonds. The van der Waals surface area contributed by atoms with E-state index in [1.807, 2.05) is 13.8 Å². The monoisotopic (exact) mass is 228 g/mol. The third kappa shape index (κ3) is 1.27. The minimum Gasteiger partial charge on any atom is -0.294 e. The predicted octanol–water partition coefficient (Wildman–Crippen LogP) is 3.76. The molecule has 1 aromatic rings. The second-order valence-electron chi connectivity index (χ2n) is 4.28. The lowest BCUT2D eigenvalue weighted by Crippen LogP contribution is -2.18. The number of halogens is 2. The lowest BCUT2D eigenvalue weighted by Gasteiger charge is -2.13. The van der Waals surface area contributed by atoms with Gasteiger partial charge in [0.1, 0.15) is 0 Å². The van der Waals surface area contributed by atoms with Crippen molar-refractivity contribution in [1.82, 2.24) is 0 Å². The van der Waals surface area contributed by atoms with Crippen LogP contribution in [0.3, 0.4) is 0 Å². The fourth-order valence-corrected chi connectivity index (χ4v) is 2.27. The lowest BCUT2D eigenvalue weighted by atomic mass is 9.89. The van der Waals surface area contributed by atoms with E-state index in [9.17, 15) is 4.79 Å².